The lowest BCUT2D eigenvalue weighted by Gasteiger charge is -2.53. The molecule has 3 aromatic rings. The molecule has 0 radical (unpaired) electrons. The summed E-state index contributed by atoms with van der Waals surface area (Å²) in [6.45, 7) is 5.01. The number of carbonyl (C=O) groups excluding carboxylic acids is 1. The third kappa shape index (κ3) is 4.66. The molecule has 3 atom stereocenters. The fourth-order valence-corrected chi connectivity index (χ4v) is 6.60. The molecule has 1 fully saturated rings. The summed E-state index contributed by atoms with van der Waals surface area (Å²) in [6.07, 6.45) is 7.69. The van der Waals surface area contributed by atoms with Crippen molar-refractivity contribution < 1.29 is 19.4 Å². The van der Waals surface area contributed by atoms with Gasteiger partial charge in [0.25, 0.3) is 0 Å². The Morgan fingerprint density at radius 3 is 2.88 bits per heavy atom. The van der Waals surface area contributed by atoms with E-state index in [0.717, 1.165) is 15.8 Å². The molecule has 2 amide bonds. The largest absolute Gasteiger partial charge is 0.497 e. The number of hydrogen-bond acceptors (Lipinski definition) is 9. The molecule has 5 rings (SSSR count). The number of aliphatic carboxylic acids is 1. The molecular formula is C28H33N7O4S. The highest BCUT2D eigenvalue weighted by atomic mass is 32.1. The highest BCUT2D eigenvalue weighted by Gasteiger charge is 2.59. The van der Waals surface area contributed by atoms with Crippen molar-refractivity contribution in [1.29, 1.82) is 0 Å². The van der Waals surface area contributed by atoms with Crippen LogP contribution in [0.1, 0.15) is 26.7 Å². The predicted octanol–water partition coefficient (Wildman–Crippen LogP) is 3.83. The van der Waals surface area contributed by atoms with Gasteiger partial charge in [-0.3, -0.25) is 15.1 Å². The van der Waals surface area contributed by atoms with E-state index < -0.39 is 29.1 Å². The normalized spacial score (nSPS) is 24.2. The van der Waals surface area contributed by atoms with E-state index in [9.17, 15) is 14.7 Å². The van der Waals surface area contributed by atoms with Crippen LogP contribution in [0.5, 0.6) is 5.75 Å². The van der Waals surface area contributed by atoms with Crippen LogP contribution in [0, 0.1) is 11.3 Å². The second kappa shape index (κ2) is 11.2. The molecular weight excluding hydrogens is 530 g/mol. The van der Waals surface area contributed by atoms with Crippen LogP contribution in [-0.4, -0.2) is 65.8 Å². The lowest BCUT2D eigenvalue weighted by Crippen LogP contribution is -2.71. The Kier molecular flexibility index (Phi) is 7.72. The maximum absolute atomic E-state index is 13.2. The first kappa shape index (κ1) is 27.5. The summed E-state index contributed by atoms with van der Waals surface area (Å²) in [5.41, 5.74) is 3.62. The highest BCUT2D eigenvalue weighted by molar-refractivity contribution is 7.17. The number of aromatic nitrogens is 2. The minimum atomic E-state index is -1.45. The Hall–Kier alpha value is -4.03. The van der Waals surface area contributed by atoms with Gasteiger partial charge < -0.3 is 25.4 Å². The van der Waals surface area contributed by atoms with Crippen LogP contribution in [0.4, 0.5) is 10.5 Å². The Morgan fingerprint density at radius 2 is 2.12 bits per heavy atom. The number of rotatable bonds is 8. The number of carboxylic acids is 1. The number of piperidine rings is 1. The number of methoxy groups -OCH3 is 1. The van der Waals surface area contributed by atoms with Crippen LogP contribution >= 0.6 is 11.3 Å². The number of hydrogen-bond donors (Lipinski definition) is 4. The maximum atomic E-state index is 13.2. The molecule has 210 valence electrons. The van der Waals surface area contributed by atoms with Crippen LogP contribution < -0.4 is 25.6 Å². The number of anilines is 1. The van der Waals surface area contributed by atoms with Gasteiger partial charge in [0.05, 0.1) is 39.9 Å². The molecule has 11 nitrogen and oxygen atoms in total. The second-order valence-electron chi connectivity index (χ2n) is 9.80. The molecule has 0 saturated carbocycles. The molecule has 4 N–H and O–H groups in total. The summed E-state index contributed by atoms with van der Waals surface area (Å²) in [5, 5.41) is 19.8. The third-order valence-electron chi connectivity index (χ3n) is 7.84. The number of carboxylic acid groups (broad SMARTS) is 1. The lowest BCUT2D eigenvalue weighted by molar-refractivity contribution is -0.158. The Bertz CT molecular complexity index is 1470. The Balaban J connectivity index is 1.73. The number of aliphatic imine (C=N–C) groups is 1. The molecule has 2 aromatic heterocycles. The van der Waals surface area contributed by atoms with Crippen LogP contribution in [-0.2, 0) is 4.79 Å². The standard InChI is InChI=1S/C28H33N7O4S/c1-4-27(25(36)37)8-11-29-16-23(27)28(34-26(38)30-5-2)33-9-6-12-35(28)18-13-20(24-22(14-18)32-17-40-24)21-15-19(39-3)7-10-31-21/h6-7,9-10,12-15,17,23,29H,4-5,8,11,16H2,1-3H3,(H,36,37)(H2,30,34,38). The topological polar surface area (TPSA) is 141 Å². The molecule has 3 unspecified atom stereocenters. The van der Waals surface area contributed by atoms with E-state index in [1.54, 1.807) is 37.2 Å². The van der Waals surface area contributed by atoms with Crippen molar-refractivity contribution >= 4 is 45.5 Å². The van der Waals surface area contributed by atoms with Gasteiger partial charge in [0.2, 0.25) is 5.79 Å². The number of pyridine rings is 1. The SMILES string of the molecule is CCNC(=O)NC1(C2CNCCC2(CC)C(=O)O)N=CC=CN1c1cc(-c2cc(OC)ccn2)c2scnc2c1. The van der Waals surface area contributed by atoms with E-state index in [1.807, 2.05) is 43.1 Å². The van der Waals surface area contributed by atoms with Crippen molar-refractivity contribution in [2.75, 3.05) is 31.6 Å². The van der Waals surface area contributed by atoms with Crippen molar-refractivity contribution in [1.82, 2.24) is 25.9 Å². The van der Waals surface area contributed by atoms with Crippen LogP contribution in [0.3, 0.4) is 0 Å². The smallest absolute Gasteiger partial charge is 0.318 e. The van der Waals surface area contributed by atoms with Gasteiger partial charge in [0.1, 0.15) is 5.75 Å². The van der Waals surface area contributed by atoms with Crippen molar-refractivity contribution in [3.63, 3.8) is 0 Å². The lowest BCUT2D eigenvalue weighted by atomic mass is 9.65. The number of nitrogens with one attached hydrogen (secondary N) is 3. The summed E-state index contributed by atoms with van der Waals surface area (Å²) in [6, 6.07) is 7.11. The van der Waals surface area contributed by atoms with Crippen LogP contribution in [0.15, 0.2) is 53.2 Å². The van der Waals surface area contributed by atoms with Crippen LogP contribution in [0.2, 0.25) is 0 Å². The Labute approximate surface area is 236 Å². The number of fused-ring (bicyclic) bond motifs is 1. The van der Waals surface area contributed by atoms with Gasteiger partial charge in [0, 0.05) is 49.0 Å². The first-order valence-corrected chi connectivity index (χ1v) is 14.2. The van der Waals surface area contributed by atoms with Gasteiger partial charge in [-0.15, -0.1) is 11.3 Å². The Morgan fingerprint density at radius 1 is 1.27 bits per heavy atom. The van der Waals surface area contributed by atoms with E-state index >= 15 is 0 Å². The summed E-state index contributed by atoms with van der Waals surface area (Å²) < 4.78 is 6.39. The highest BCUT2D eigenvalue weighted by Crippen LogP contribution is 2.48. The molecule has 1 aromatic carbocycles. The molecule has 40 heavy (non-hydrogen) atoms. The average Bonchev–Trinajstić information content (AvgIpc) is 3.45. The maximum Gasteiger partial charge on any atom is 0.318 e. The van der Waals surface area contributed by atoms with E-state index in [4.69, 9.17) is 9.73 Å². The first-order chi connectivity index (χ1) is 19.4. The number of allylic oxidation sites excluding steroid dienone is 1. The van der Waals surface area contributed by atoms with Crippen LogP contribution in [0.25, 0.3) is 21.5 Å². The molecule has 0 spiro atoms. The fourth-order valence-electron chi connectivity index (χ4n) is 5.80. The summed E-state index contributed by atoms with van der Waals surface area (Å²) >= 11 is 1.50. The molecule has 12 heteroatoms. The minimum absolute atomic E-state index is 0.345. The average molecular weight is 564 g/mol. The van der Waals surface area contributed by atoms with Crippen molar-refractivity contribution in [2.24, 2.45) is 16.3 Å². The summed E-state index contributed by atoms with van der Waals surface area (Å²) in [7, 11) is 1.61. The number of thiazole rings is 1. The molecule has 1 saturated heterocycles. The first-order valence-electron chi connectivity index (χ1n) is 13.3. The molecule has 2 aliphatic rings. The van der Waals surface area contributed by atoms with Gasteiger partial charge in [-0.05, 0) is 50.6 Å². The monoisotopic (exact) mass is 563 g/mol. The second-order valence-corrected chi connectivity index (χ2v) is 10.7. The van der Waals surface area contributed by atoms with E-state index in [2.05, 4.69) is 25.9 Å². The number of urea groups is 1. The van der Waals surface area contributed by atoms with Gasteiger partial charge in [0.15, 0.2) is 0 Å². The minimum Gasteiger partial charge on any atom is -0.497 e. The van der Waals surface area contributed by atoms with Gasteiger partial charge in [-0.1, -0.05) is 6.92 Å². The number of benzene rings is 1. The zero-order chi connectivity index (χ0) is 28.3. The van der Waals surface area contributed by atoms with Crippen molar-refractivity contribution in [3.8, 4) is 17.0 Å². The number of carbonyl (C=O) groups is 2. The molecule has 0 aliphatic carbocycles. The van der Waals surface area contributed by atoms with E-state index in [-0.39, 0.29) is 0 Å². The van der Waals surface area contributed by atoms with E-state index in [0.29, 0.717) is 49.6 Å². The zero-order valence-electron chi connectivity index (χ0n) is 22.7. The summed E-state index contributed by atoms with van der Waals surface area (Å²) in [5.74, 6) is -2.30. The molecule has 2 aliphatic heterocycles. The van der Waals surface area contributed by atoms with Gasteiger partial charge in [-0.25, -0.2) is 14.8 Å². The van der Waals surface area contributed by atoms with Crippen molar-refractivity contribution in [2.45, 2.75) is 32.5 Å². The van der Waals surface area contributed by atoms with Crippen molar-refractivity contribution in [3.05, 3.63) is 48.2 Å². The predicted molar refractivity (Wildman–Crippen MR) is 156 cm³/mol. The molecule has 0 bridgehead atoms. The van der Waals surface area contributed by atoms with Gasteiger partial charge in [-0.2, -0.15) is 0 Å². The molecule has 4 heterocycles. The van der Waals surface area contributed by atoms with E-state index in [1.165, 1.54) is 11.3 Å². The quantitative estimate of drug-likeness (QED) is 0.324. The summed E-state index contributed by atoms with van der Waals surface area (Å²) in [4.78, 5) is 42.0. The third-order valence-corrected chi connectivity index (χ3v) is 8.71. The zero-order valence-corrected chi connectivity index (χ0v) is 23.5. The number of ether oxygens (including phenoxy) is 1. The number of amides is 2. The van der Waals surface area contributed by atoms with Gasteiger partial charge >= 0.3 is 12.0 Å². The number of nitrogens with zero attached hydrogens (tertiary/aromatic N) is 4. The fraction of sp³-hybridized carbons (Fsp3) is 0.393.